The quantitative estimate of drug-likeness (QED) is 0.320. The number of piperidine rings is 1. The van der Waals surface area contributed by atoms with E-state index in [4.69, 9.17) is 4.74 Å². The van der Waals surface area contributed by atoms with Crippen LogP contribution in [0.4, 0.5) is 13.6 Å². The molecule has 1 aliphatic carbocycles. The van der Waals surface area contributed by atoms with Gasteiger partial charge in [0, 0.05) is 25.6 Å². The number of amides is 2. The maximum Gasteiger partial charge on any atom is 0.407 e. The number of alkyl halides is 2. The molecule has 2 aliphatic rings. The zero-order valence-corrected chi connectivity index (χ0v) is 23.0. The van der Waals surface area contributed by atoms with Crippen molar-refractivity contribution < 1.29 is 33.0 Å². The molecular weight excluding hydrogens is 544 g/mol. The van der Waals surface area contributed by atoms with E-state index >= 15 is 0 Å². The number of carboxylic acids is 1. The van der Waals surface area contributed by atoms with Crippen molar-refractivity contribution >= 4 is 18.0 Å². The molecule has 3 aromatic rings. The molecule has 0 aromatic heterocycles. The molecular formula is C32H33F2N3O5. The minimum atomic E-state index is -3.97. The molecule has 0 unspecified atom stereocenters. The van der Waals surface area contributed by atoms with E-state index < -0.39 is 42.4 Å². The Morgan fingerprint density at radius 3 is 2.07 bits per heavy atom. The van der Waals surface area contributed by atoms with Crippen LogP contribution in [0.5, 0.6) is 0 Å². The van der Waals surface area contributed by atoms with Crippen molar-refractivity contribution in [2.75, 3.05) is 26.2 Å². The number of ether oxygens (including phenoxy) is 1. The Kier molecular flexibility index (Phi) is 8.54. The van der Waals surface area contributed by atoms with Crippen LogP contribution in [0.2, 0.25) is 0 Å². The molecule has 1 fully saturated rings. The molecule has 0 spiro atoms. The van der Waals surface area contributed by atoms with Crippen LogP contribution in [0.15, 0.2) is 78.9 Å². The Balaban J connectivity index is 1.15. The molecule has 8 nitrogen and oxygen atoms in total. The van der Waals surface area contributed by atoms with Gasteiger partial charge in [-0.2, -0.15) is 8.78 Å². The van der Waals surface area contributed by atoms with Crippen LogP contribution < -0.4 is 10.6 Å². The van der Waals surface area contributed by atoms with Crippen molar-refractivity contribution in [2.24, 2.45) is 0 Å². The number of carboxylic acid groups (broad SMARTS) is 1. The van der Waals surface area contributed by atoms with E-state index in [1.54, 1.807) is 0 Å². The number of aliphatic carboxylic acids is 1. The second-order valence-electron chi connectivity index (χ2n) is 11.0. The zero-order valence-electron chi connectivity index (χ0n) is 23.0. The molecule has 0 atom stereocenters. The number of benzene rings is 3. The summed E-state index contributed by atoms with van der Waals surface area (Å²) in [7, 11) is 0. The van der Waals surface area contributed by atoms with Crippen LogP contribution >= 0.6 is 0 Å². The fourth-order valence-electron chi connectivity index (χ4n) is 5.86. The summed E-state index contributed by atoms with van der Waals surface area (Å²) >= 11 is 0. The molecule has 2 amide bonds. The number of fused-ring (bicyclic) bond motifs is 3. The van der Waals surface area contributed by atoms with Crippen molar-refractivity contribution in [1.82, 2.24) is 15.5 Å². The number of rotatable bonds is 10. The SMILES string of the molecule is O=C(O)CC1(NC(=O)C(F)(F)CNC(=O)OCC2c3ccccc3-c3ccccc32)CCN(Cc2ccccc2)CC1. The summed E-state index contributed by atoms with van der Waals surface area (Å²) in [5.41, 5.74) is 3.80. The molecule has 3 aromatic carbocycles. The lowest BCUT2D eigenvalue weighted by Gasteiger charge is -2.42. The van der Waals surface area contributed by atoms with Gasteiger partial charge in [0.15, 0.2) is 0 Å². The lowest BCUT2D eigenvalue weighted by atomic mass is 9.83. The molecule has 10 heteroatoms. The smallest absolute Gasteiger partial charge is 0.407 e. The minimum absolute atomic E-state index is 0.0567. The summed E-state index contributed by atoms with van der Waals surface area (Å²) in [6, 6.07) is 25.2. The molecule has 1 saturated heterocycles. The first-order valence-electron chi connectivity index (χ1n) is 13.9. The molecule has 0 radical (unpaired) electrons. The van der Waals surface area contributed by atoms with Crippen LogP contribution in [-0.2, 0) is 20.9 Å². The fraction of sp³-hybridized carbons (Fsp3) is 0.344. The molecule has 220 valence electrons. The molecule has 5 rings (SSSR count). The summed E-state index contributed by atoms with van der Waals surface area (Å²) in [6.45, 7) is 0.174. The highest BCUT2D eigenvalue weighted by molar-refractivity contribution is 5.86. The number of carbonyl (C=O) groups excluding carboxylic acids is 2. The molecule has 1 aliphatic heterocycles. The number of hydrogen-bond acceptors (Lipinski definition) is 5. The van der Waals surface area contributed by atoms with E-state index in [1.165, 1.54) is 0 Å². The third-order valence-corrected chi connectivity index (χ3v) is 8.06. The summed E-state index contributed by atoms with van der Waals surface area (Å²) in [4.78, 5) is 38.8. The van der Waals surface area contributed by atoms with Crippen molar-refractivity contribution in [3.8, 4) is 11.1 Å². The Morgan fingerprint density at radius 1 is 0.905 bits per heavy atom. The maximum atomic E-state index is 14.9. The van der Waals surface area contributed by atoms with Crippen LogP contribution in [0.3, 0.4) is 0 Å². The standard InChI is InChI=1S/C32H33F2N3O5/c33-32(34,21-35-30(41)42-20-27-25-12-6-4-10-23(25)24-11-5-7-13-26(24)27)29(40)36-31(18-28(38)39)14-16-37(17-15-31)19-22-8-2-1-3-9-22/h1-13,27H,14-21H2,(H,35,41)(H,36,40)(H,38,39). The number of halogens is 2. The Labute approximate surface area is 242 Å². The normalized spacial score (nSPS) is 16.2. The lowest BCUT2D eigenvalue weighted by Crippen LogP contribution is -2.60. The molecule has 0 bridgehead atoms. The predicted molar refractivity (Wildman–Crippen MR) is 152 cm³/mol. The highest BCUT2D eigenvalue weighted by atomic mass is 19.3. The van der Waals surface area contributed by atoms with Gasteiger partial charge in [0.2, 0.25) is 0 Å². The number of alkyl carbamates (subject to hydrolysis) is 1. The second-order valence-corrected chi connectivity index (χ2v) is 11.0. The molecule has 0 saturated carbocycles. The Hall–Kier alpha value is -4.31. The monoisotopic (exact) mass is 577 g/mol. The second kappa shape index (κ2) is 12.3. The van der Waals surface area contributed by atoms with Gasteiger partial charge in [0.05, 0.1) is 18.5 Å². The first-order chi connectivity index (χ1) is 20.2. The molecule has 1 heterocycles. The van der Waals surface area contributed by atoms with E-state index in [0.29, 0.717) is 19.6 Å². The number of nitrogens with zero attached hydrogens (tertiary/aromatic N) is 1. The average molecular weight is 578 g/mol. The van der Waals surface area contributed by atoms with Gasteiger partial charge in [-0.3, -0.25) is 14.5 Å². The maximum absolute atomic E-state index is 14.9. The van der Waals surface area contributed by atoms with E-state index in [0.717, 1.165) is 27.8 Å². The van der Waals surface area contributed by atoms with Gasteiger partial charge in [0.25, 0.3) is 5.91 Å². The summed E-state index contributed by atoms with van der Waals surface area (Å²) < 4.78 is 35.1. The highest BCUT2D eigenvalue weighted by Gasteiger charge is 2.46. The lowest BCUT2D eigenvalue weighted by molar-refractivity contribution is -0.149. The first-order valence-corrected chi connectivity index (χ1v) is 13.9. The van der Waals surface area contributed by atoms with Gasteiger partial charge in [-0.1, -0.05) is 78.9 Å². The van der Waals surface area contributed by atoms with Crippen molar-refractivity contribution in [2.45, 2.75) is 43.2 Å². The fourth-order valence-corrected chi connectivity index (χ4v) is 5.86. The third-order valence-electron chi connectivity index (χ3n) is 8.06. The Morgan fingerprint density at radius 2 is 1.48 bits per heavy atom. The van der Waals surface area contributed by atoms with Crippen LogP contribution in [0.25, 0.3) is 11.1 Å². The van der Waals surface area contributed by atoms with Gasteiger partial charge < -0.3 is 20.5 Å². The van der Waals surface area contributed by atoms with E-state index in [-0.39, 0.29) is 25.4 Å². The van der Waals surface area contributed by atoms with Gasteiger partial charge in [0.1, 0.15) is 6.61 Å². The number of likely N-dealkylation sites (tertiary alicyclic amines) is 1. The number of nitrogens with one attached hydrogen (secondary N) is 2. The molecule has 3 N–H and O–H groups in total. The Bertz CT molecular complexity index is 1400. The zero-order chi connectivity index (χ0) is 29.7. The van der Waals surface area contributed by atoms with E-state index in [1.807, 2.05) is 84.2 Å². The minimum Gasteiger partial charge on any atom is -0.481 e. The molecule has 42 heavy (non-hydrogen) atoms. The van der Waals surface area contributed by atoms with Crippen molar-refractivity contribution in [3.05, 3.63) is 95.6 Å². The van der Waals surface area contributed by atoms with Gasteiger partial charge in [-0.25, -0.2) is 4.79 Å². The largest absolute Gasteiger partial charge is 0.481 e. The summed E-state index contributed by atoms with van der Waals surface area (Å²) in [5, 5.41) is 13.8. The highest BCUT2D eigenvalue weighted by Crippen LogP contribution is 2.44. The topological polar surface area (TPSA) is 108 Å². The average Bonchev–Trinajstić information content (AvgIpc) is 3.30. The van der Waals surface area contributed by atoms with Crippen LogP contribution in [0, 0.1) is 0 Å². The van der Waals surface area contributed by atoms with Crippen LogP contribution in [-0.4, -0.2) is 65.7 Å². The van der Waals surface area contributed by atoms with Gasteiger partial charge in [-0.05, 0) is 40.7 Å². The summed E-state index contributed by atoms with van der Waals surface area (Å²) in [6.07, 6.45) is -1.14. The van der Waals surface area contributed by atoms with E-state index in [9.17, 15) is 28.3 Å². The van der Waals surface area contributed by atoms with E-state index in [2.05, 4.69) is 10.2 Å². The third kappa shape index (κ3) is 6.60. The predicted octanol–water partition coefficient (Wildman–Crippen LogP) is 4.79. The van der Waals surface area contributed by atoms with Crippen molar-refractivity contribution in [1.29, 1.82) is 0 Å². The van der Waals surface area contributed by atoms with Gasteiger partial charge >= 0.3 is 18.0 Å². The number of carbonyl (C=O) groups is 3. The number of hydrogen-bond donors (Lipinski definition) is 3. The van der Waals surface area contributed by atoms with Crippen molar-refractivity contribution in [3.63, 3.8) is 0 Å². The first kappa shape index (κ1) is 29.2. The van der Waals surface area contributed by atoms with Crippen LogP contribution in [0.1, 0.15) is 41.9 Å². The summed E-state index contributed by atoms with van der Waals surface area (Å²) in [5.74, 6) is -7.03. The van der Waals surface area contributed by atoms with Gasteiger partial charge in [-0.15, -0.1) is 0 Å².